The fourth-order valence-corrected chi connectivity index (χ4v) is 4.59. The summed E-state index contributed by atoms with van der Waals surface area (Å²) in [6.45, 7) is 10.5. The number of anilines is 1. The molecule has 0 atom stereocenters. The van der Waals surface area contributed by atoms with Crippen LogP contribution in [-0.4, -0.2) is 61.0 Å². The summed E-state index contributed by atoms with van der Waals surface area (Å²) < 4.78 is 1.92. The molecule has 0 bridgehead atoms. The van der Waals surface area contributed by atoms with Gasteiger partial charge in [0.2, 0.25) is 0 Å². The first-order valence-corrected chi connectivity index (χ1v) is 13.6. The molecule has 4 N–H and O–H groups in total. The van der Waals surface area contributed by atoms with Crippen molar-refractivity contribution in [2.24, 2.45) is 5.73 Å². The number of likely N-dealkylation sites (tertiary alicyclic amines) is 1. The van der Waals surface area contributed by atoms with Gasteiger partial charge in [0.1, 0.15) is 17.8 Å². The van der Waals surface area contributed by atoms with Crippen molar-refractivity contribution in [1.29, 1.82) is 5.41 Å². The van der Waals surface area contributed by atoms with E-state index in [9.17, 15) is 4.79 Å². The number of aromatic nitrogens is 2. The summed E-state index contributed by atoms with van der Waals surface area (Å²) in [4.78, 5) is 12.8. The van der Waals surface area contributed by atoms with Gasteiger partial charge in [-0.3, -0.25) is 10.2 Å². The topological polar surface area (TPSA) is 114 Å². The van der Waals surface area contributed by atoms with Crippen molar-refractivity contribution in [3.63, 3.8) is 0 Å². The Balaban J connectivity index is 0.000000381. The Morgan fingerprint density at radius 3 is 2.41 bits per heavy atom. The van der Waals surface area contributed by atoms with Gasteiger partial charge in [0.25, 0.3) is 0 Å². The molecule has 1 saturated heterocycles. The Bertz CT molecular complexity index is 1400. The summed E-state index contributed by atoms with van der Waals surface area (Å²) in [6.07, 6.45) is 2.87. The molecule has 8 nitrogen and oxygen atoms in total. The first kappa shape index (κ1) is 34.7. The SMILES string of the molecule is CC(C)(C)c1cccc(C=O)c1.C[N-]c1c(C(=N)N)c(C#Cc2cc(NC)ccc2C)nn1C1CCN(C)CC1.[K+]. The van der Waals surface area contributed by atoms with Crippen molar-refractivity contribution in [2.45, 2.75) is 52.0 Å². The van der Waals surface area contributed by atoms with E-state index in [1.165, 1.54) is 5.56 Å². The molecule has 2 heterocycles. The summed E-state index contributed by atoms with van der Waals surface area (Å²) in [5.74, 6) is 6.95. The monoisotopic (exact) mass is 579 g/mol. The minimum atomic E-state index is -0.0511. The van der Waals surface area contributed by atoms with Gasteiger partial charge in [-0.25, -0.2) is 5.10 Å². The first-order valence-electron chi connectivity index (χ1n) is 13.6. The number of benzene rings is 2. The second kappa shape index (κ2) is 15.7. The van der Waals surface area contributed by atoms with E-state index in [0.717, 1.165) is 54.6 Å². The molecular weight excluding hydrogens is 537 g/mol. The number of nitrogens with one attached hydrogen (secondary N) is 2. The third kappa shape index (κ3) is 9.27. The molecule has 41 heavy (non-hydrogen) atoms. The third-order valence-electron chi connectivity index (χ3n) is 7.13. The predicted molar refractivity (Wildman–Crippen MR) is 165 cm³/mol. The molecule has 1 aliphatic heterocycles. The van der Waals surface area contributed by atoms with Crippen molar-refractivity contribution in [1.82, 2.24) is 14.7 Å². The van der Waals surface area contributed by atoms with Crippen LogP contribution in [0.5, 0.6) is 0 Å². The standard InChI is InChI=1S/C21H28N7.C11H14O.K/c1-14-5-7-16(24-2)13-15(14)6-8-18-19(20(22)23)21(25-3)28(26-18)17-9-11-27(4)12-10-17;1-11(2,3)10-6-4-5-9(7-10)8-12;/h5,7,13,17,24H,9-12H2,1-4H3,(H3,22,23);4-8H,1-3H3;/q-1;;+1. The van der Waals surface area contributed by atoms with Crippen LogP contribution < -0.4 is 62.4 Å². The quantitative estimate of drug-likeness (QED) is 0.141. The molecule has 3 aromatic rings. The molecule has 1 fully saturated rings. The van der Waals surface area contributed by atoms with E-state index in [2.05, 4.69) is 55.2 Å². The molecule has 0 saturated carbocycles. The molecule has 2 aromatic carbocycles. The number of aldehydes is 1. The van der Waals surface area contributed by atoms with E-state index in [0.29, 0.717) is 17.1 Å². The molecule has 0 amide bonds. The van der Waals surface area contributed by atoms with Crippen molar-refractivity contribution in [3.05, 3.63) is 81.3 Å². The number of carbonyl (C=O) groups is 1. The van der Waals surface area contributed by atoms with E-state index in [1.807, 2.05) is 61.1 Å². The number of aryl methyl sites for hydroxylation is 1. The van der Waals surface area contributed by atoms with Crippen LogP contribution in [0.3, 0.4) is 0 Å². The van der Waals surface area contributed by atoms with E-state index in [1.54, 1.807) is 7.05 Å². The van der Waals surface area contributed by atoms with Crippen LogP contribution in [0.4, 0.5) is 11.5 Å². The van der Waals surface area contributed by atoms with Crippen LogP contribution in [-0.2, 0) is 5.41 Å². The summed E-state index contributed by atoms with van der Waals surface area (Å²) in [5.41, 5.74) is 12.0. The molecule has 0 spiro atoms. The third-order valence-corrected chi connectivity index (χ3v) is 7.13. The molecule has 4 rings (SSSR count). The molecule has 0 radical (unpaired) electrons. The van der Waals surface area contributed by atoms with E-state index < -0.39 is 0 Å². The van der Waals surface area contributed by atoms with Crippen LogP contribution in [0.2, 0.25) is 0 Å². The number of amidine groups is 1. The number of rotatable bonds is 5. The van der Waals surface area contributed by atoms with Crippen LogP contribution in [0, 0.1) is 24.2 Å². The first-order chi connectivity index (χ1) is 19.0. The van der Waals surface area contributed by atoms with Crippen LogP contribution in [0.1, 0.15) is 78.0 Å². The molecule has 9 heteroatoms. The number of carbonyl (C=O) groups excluding carboxylic acids is 1. The van der Waals surface area contributed by atoms with Gasteiger partial charge in [0.05, 0.1) is 5.56 Å². The van der Waals surface area contributed by atoms with Crippen molar-refractivity contribution >= 4 is 23.6 Å². The van der Waals surface area contributed by atoms with E-state index in [-0.39, 0.29) is 68.7 Å². The van der Waals surface area contributed by atoms with Crippen LogP contribution >= 0.6 is 0 Å². The number of nitrogens with two attached hydrogens (primary N) is 1. The van der Waals surface area contributed by atoms with Gasteiger partial charge in [-0.2, -0.15) is 0 Å². The Morgan fingerprint density at radius 1 is 1.17 bits per heavy atom. The fraction of sp³-hybridized carbons (Fsp3) is 0.406. The Hall–Kier alpha value is -2.45. The van der Waals surface area contributed by atoms with Gasteiger partial charge in [0, 0.05) is 23.9 Å². The average Bonchev–Trinajstić information content (AvgIpc) is 3.32. The van der Waals surface area contributed by atoms with Crippen LogP contribution in [0.25, 0.3) is 5.32 Å². The average molecular weight is 580 g/mol. The summed E-state index contributed by atoms with van der Waals surface area (Å²) in [6, 6.07) is 14.0. The number of nitrogen functional groups attached to an aromatic ring is 1. The number of hydrogen-bond donors (Lipinski definition) is 3. The summed E-state index contributed by atoms with van der Waals surface area (Å²) in [7, 11) is 5.73. The molecule has 212 valence electrons. The zero-order chi connectivity index (χ0) is 29.4. The second-order valence-corrected chi connectivity index (χ2v) is 11.2. The minimum absolute atomic E-state index is 0. The fourth-order valence-electron chi connectivity index (χ4n) is 4.59. The maximum Gasteiger partial charge on any atom is 1.00 e. The normalized spacial score (nSPS) is 13.5. The van der Waals surface area contributed by atoms with Crippen molar-refractivity contribution in [2.75, 3.05) is 39.5 Å². The van der Waals surface area contributed by atoms with Crippen LogP contribution in [0.15, 0.2) is 42.5 Å². The molecule has 0 aliphatic carbocycles. The molecule has 1 aliphatic rings. The zero-order valence-electron chi connectivity index (χ0n) is 25.8. The maximum absolute atomic E-state index is 10.5. The minimum Gasteiger partial charge on any atom is -0.467 e. The molecular formula is C32H42KN7O. The number of piperidine rings is 1. The summed E-state index contributed by atoms with van der Waals surface area (Å²) >= 11 is 0. The van der Waals surface area contributed by atoms with Gasteiger partial charge in [0.15, 0.2) is 0 Å². The zero-order valence-corrected chi connectivity index (χ0v) is 28.9. The van der Waals surface area contributed by atoms with Gasteiger partial charge >= 0.3 is 51.4 Å². The smallest absolute Gasteiger partial charge is 0.467 e. The van der Waals surface area contributed by atoms with E-state index >= 15 is 0 Å². The van der Waals surface area contributed by atoms with Gasteiger partial charge in [-0.1, -0.05) is 58.0 Å². The van der Waals surface area contributed by atoms with E-state index in [4.69, 9.17) is 16.2 Å². The van der Waals surface area contributed by atoms with Gasteiger partial charge < -0.3 is 25.9 Å². The second-order valence-electron chi connectivity index (χ2n) is 11.2. The van der Waals surface area contributed by atoms with Crippen molar-refractivity contribution in [3.8, 4) is 11.8 Å². The molecule has 1 aromatic heterocycles. The maximum atomic E-state index is 10.5. The van der Waals surface area contributed by atoms with Gasteiger partial charge in [-0.05, 0) is 92.4 Å². The molecule has 0 unspecified atom stereocenters. The van der Waals surface area contributed by atoms with Crippen molar-refractivity contribution < 1.29 is 56.2 Å². The Labute approximate surface area is 287 Å². The Kier molecular flexibility index (Phi) is 13.3. The summed E-state index contributed by atoms with van der Waals surface area (Å²) in [5, 5.41) is 20.3. The Morgan fingerprint density at radius 2 is 1.85 bits per heavy atom. The largest absolute Gasteiger partial charge is 1.00 e. The van der Waals surface area contributed by atoms with Gasteiger partial charge in [-0.15, -0.1) is 0 Å². The number of hydrogen-bond acceptors (Lipinski definition) is 5. The predicted octanol–water partition coefficient (Wildman–Crippen LogP) is 2.62. The number of nitrogens with zero attached hydrogens (tertiary/aromatic N) is 4.